The predicted molar refractivity (Wildman–Crippen MR) is 124 cm³/mol. The molecule has 1 amide bonds. The Morgan fingerprint density at radius 2 is 1.73 bits per heavy atom. The maximum absolute atomic E-state index is 12.3. The normalized spacial score (nSPS) is 10.8. The van der Waals surface area contributed by atoms with Crippen LogP contribution in [0.4, 0.5) is 5.69 Å². The lowest BCUT2D eigenvalue weighted by molar-refractivity contribution is 0.0978. The van der Waals surface area contributed by atoms with Crippen LogP contribution in [0.15, 0.2) is 65.1 Å². The van der Waals surface area contributed by atoms with Gasteiger partial charge in [-0.15, -0.1) is 0 Å². The number of rotatable bonds is 3. The molecule has 2 N–H and O–H groups in total. The standard InChI is InChI=1S/C23H18ClN3O2S/c1-13-11-19-20(12-14(13)2)29-22(26-19)15-7-9-16(10-8-15)25-23(30)27-21(28)17-5-3-4-6-18(17)24/h3-12H,1-2H3,(H2,25,27,28,30). The molecule has 0 unspecified atom stereocenters. The Balaban J connectivity index is 1.45. The summed E-state index contributed by atoms with van der Waals surface area (Å²) in [6.45, 7) is 4.10. The van der Waals surface area contributed by atoms with Crippen molar-refractivity contribution in [2.24, 2.45) is 0 Å². The molecule has 4 aromatic rings. The van der Waals surface area contributed by atoms with E-state index in [0.717, 1.165) is 27.9 Å². The molecule has 0 atom stereocenters. The topological polar surface area (TPSA) is 67.2 Å². The first-order valence-electron chi connectivity index (χ1n) is 9.26. The van der Waals surface area contributed by atoms with Crippen molar-refractivity contribution < 1.29 is 9.21 Å². The summed E-state index contributed by atoms with van der Waals surface area (Å²) in [5, 5.41) is 6.16. The SMILES string of the molecule is Cc1cc2nc(-c3ccc(NC(=S)NC(=O)c4ccccc4Cl)cc3)oc2cc1C. The van der Waals surface area contributed by atoms with E-state index in [1.165, 1.54) is 5.56 Å². The molecule has 0 aliphatic carbocycles. The molecule has 1 aromatic heterocycles. The smallest absolute Gasteiger partial charge is 0.258 e. The highest BCUT2D eigenvalue weighted by Gasteiger charge is 2.12. The van der Waals surface area contributed by atoms with Crippen LogP contribution in [-0.4, -0.2) is 16.0 Å². The van der Waals surface area contributed by atoms with E-state index in [0.29, 0.717) is 16.5 Å². The number of amides is 1. The molecule has 3 aromatic carbocycles. The van der Waals surface area contributed by atoms with E-state index < -0.39 is 0 Å². The number of benzene rings is 3. The molecule has 0 saturated heterocycles. The minimum absolute atomic E-state index is 0.181. The van der Waals surface area contributed by atoms with Gasteiger partial charge in [-0.3, -0.25) is 10.1 Å². The van der Waals surface area contributed by atoms with Crippen LogP contribution < -0.4 is 10.6 Å². The third-order valence-electron chi connectivity index (χ3n) is 4.74. The van der Waals surface area contributed by atoms with Crippen molar-refractivity contribution >= 4 is 51.6 Å². The van der Waals surface area contributed by atoms with Gasteiger partial charge in [-0.25, -0.2) is 4.98 Å². The van der Waals surface area contributed by atoms with Crippen molar-refractivity contribution in [3.05, 3.63) is 82.4 Å². The van der Waals surface area contributed by atoms with Crippen molar-refractivity contribution in [1.29, 1.82) is 0 Å². The molecule has 0 saturated carbocycles. The van der Waals surface area contributed by atoms with Crippen molar-refractivity contribution in [1.82, 2.24) is 10.3 Å². The molecule has 0 radical (unpaired) electrons. The van der Waals surface area contributed by atoms with Crippen LogP contribution in [0.5, 0.6) is 0 Å². The van der Waals surface area contributed by atoms with Gasteiger partial charge in [0.1, 0.15) is 5.52 Å². The maximum atomic E-state index is 12.3. The molecule has 150 valence electrons. The Kier molecular flexibility index (Phi) is 5.53. The van der Waals surface area contributed by atoms with E-state index in [2.05, 4.69) is 22.5 Å². The zero-order valence-corrected chi connectivity index (χ0v) is 17.9. The molecular formula is C23H18ClN3O2S. The van der Waals surface area contributed by atoms with Gasteiger partial charge in [0, 0.05) is 11.3 Å². The molecule has 4 rings (SSSR count). The second-order valence-electron chi connectivity index (χ2n) is 6.89. The highest BCUT2D eigenvalue weighted by atomic mass is 35.5. The number of carbonyl (C=O) groups excluding carboxylic acids is 1. The molecule has 1 heterocycles. The number of nitrogens with zero attached hydrogens (tertiary/aromatic N) is 1. The lowest BCUT2D eigenvalue weighted by Crippen LogP contribution is -2.34. The first-order chi connectivity index (χ1) is 14.4. The highest BCUT2D eigenvalue weighted by Crippen LogP contribution is 2.27. The van der Waals surface area contributed by atoms with Gasteiger partial charge in [0.2, 0.25) is 5.89 Å². The van der Waals surface area contributed by atoms with Crippen LogP contribution >= 0.6 is 23.8 Å². The summed E-state index contributed by atoms with van der Waals surface area (Å²) >= 11 is 11.3. The molecule has 0 aliphatic heterocycles. The first kappa shape index (κ1) is 20.1. The summed E-state index contributed by atoms with van der Waals surface area (Å²) < 4.78 is 5.90. The zero-order chi connectivity index (χ0) is 21.3. The Bertz CT molecular complexity index is 1230. The van der Waals surface area contributed by atoms with Crippen molar-refractivity contribution in [3.63, 3.8) is 0 Å². The van der Waals surface area contributed by atoms with E-state index in [4.69, 9.17) is 28.2 Å². The Hall–Kier alpha value is -3.22. The Labute approximate surface area is 184 Å². The lowest BCUT2D eigenvalue weighted by atomic mass is 10.1. The molecular weight excluding hydrogens is 418 g/mol. The van der Waals surface area contributed by atoms with E-state index in [1.54, 1.807) is 24.3 Å². The summed E-state index contributed by atoms with van der Waals surface area (Å²) in [6.07, 6.45) is 0. The van der Waals surface area contributed by atoms with Crippen LogP contribution in [0.1, 0.15) is 21.5 Å². The summed E-state index contributed by atoms with van der Waals surface area (Å²) in [5.41, 5.74) is 5.87. The van der Waals surface area contributed by atoms with Gasteiger partial charge in [0.05, 0.1) is 10.6 Å². The molecule has 0 aliphatic rings. The minimum Gasteiger partial charge on any atom is -0.436 e. The van der Waals surface area contributed by atoms with E-state index in [1.807, 2.05) is 43.3 Å². The van der Waals surface area contributed by atoms with Crippen LogP contribution in [0.3, 0.4) is 0 Å². The van der Waals surface area contributed by atoms with Gasteiger partial charge in [-0.2, -0.15) is 0 Å². The number of halogens is 1. The molecule has 0 spiro atoms. The third-order valence-corrected chi connectivity index (χ3v) is 5.27. The average Bonchev–Trinajstić information content (AvgIpc) is 3.11. The summed E-state index contributed by atoms with van der Waals surface area (Å²) in [7, 11) is 0. The number of carbonyl (C=O) groups is 1. The van der Waals surface area contributed by atoms with Crippen molar-refractivity contribution in [2.45, 2.75) is 13.8 Å². The fourth-order valence-corrected chi connectivity index (χ4v) is 3.41. The van der Waals surface area contributed by atoms with Gasteiger partial charge in [-0.1, -0.05) is 23.7 Å². The number of thiocarbonyl (C=S) groups is 1. The minimum atomic E-state index is -0.369. The second kappa shape index (κ2) is 8.26. The molecule has 5 nitrogen and oxygen atoms in total. The number of oxazole rings is 1. The van der Waals surface area contributed by atoms with Gasteiger partial charge in [0.25, 0.3) is 5.91 Å². The van der Waals surface area contributed by atoms with Crippen molar-refractivity contribution in [3.8, 4) is 11.5 Å². The molecule has 30 heavy (non-hydrogen) atoms. The van der Waals surface area contributed by atoms with Gasteiger partial charge in [0.15, 0.2) is 10.7 Å². The van der Waals surface area contributed by atoms with E-state index in [9.17, 15) is 4.79 Å². The van der Waals surface area contributed by atoms with Crippen molar-refractivity contribution in [2.75, 3.05) is 5.32 Å². The van der Waals surface area contributed by atoms with Gasteiger partial charge in [-0.05, 0) is 85.7 Å². The van der Waals surface area contributed by atoms with Crippen LogP contribution in [0.25, 0.3) is 22.6 Å². The number of aromatic nitrogens is 1. The maximum Gasteiger partial charge on any atom is 0.258 e. The Morgan fingerprint density at radius 1 is 1.03 bits per heavy atom. The molecule has 7 heteroatoms. The number of nitrogens with one attached hydrogen (secondary N) is 2. The van der Waals surface area contributed by atoms with Crippen LogP contribution in [0, 0.1) is 13.8 Å². The van der Waals surface area contributed by atoms with Crippen LogP contribution in [-0.2, 0) is 0 Å². The average molecular weight is 436 g/mol. The van der Waals surface area contributed by atoms with Gasteiger partial charge < -0.3 is 9.73 Å². The monoisotopic (exact) mass is 435 g/mol. The summed E-state index contributed by atoms with van der Waals surface area (Å²) in [4.78, 5) is 16.9. The Morgan fingerprint density at radius 3 is 2.47 bits per heavy atom. The number of hydrogen-bond acceptors (Lipinski definition) is 4. The number of hydrogen-bond donors (Lipinski definition) is 2. The fourth-order valence-electron chi connectivity index (χ4n) is 2.98. The van der Waals surface area contributed by atoms with E-state index in [-0.39, 0.29) is 11.0 Å². The number of fused-ring (bicyclic) bond motifs is 1. The lowest BCUT2D eigenvalue weighted by Gasteiger charge is -2.10. The summed E-state index contributed by atoms with van der Waals surface area (Å²) in [5.74, 6) is 0.183. The number of aryl methyl sites for hydroxylation is 2. The molecule has 0 bridgehead atoms. The second-order valence-corrected chi connectivity index (χ2v) is 7.70. The highest BCUT2D eigenvalue weighted by molar-refractivity contribution is 7.80. The van der Waals surface area contributed by atoms with Crippen LogP contribution in [0.2, 0.25) is 5.02 Å². The predicted octanol–water partition coefficient (Wildman–Crippen LogP) is 5.89. The summed E-state index contributed by atoms with van der Waals surface area (Å²) in [6, 6.07) is 18.3. The largest absolute Gasteiger partial charge is 0.436 e. The first-order valence-corrected chi connectivity index (χ1v) is 10.0. The van der Waals surface area contributed by atoms with Gasteiger partial charge >= 0.3 is 0 Å². The fraction of sp³-hybridized carbons (Fsp3) is 0.0870. The third kappa shape index (κ3) is 4.20. The molecule has 0 fully saturated rings. The zero-order valence-electron chi connectivity index (χ0n) is 16.3. The number of anilines is 1. The quantitative estimate of drug-likeness (QED) is 0.392. The van der Waals surface area contributed by atoms with E-state index >= 15 is 0 Å².